The fourth-order valence-corrected chi connectivity index (χ4v) is 2.79. The minimum Gasteiger partial charge on any atom is -0.292 e. The third kappa shape index (κ3) is 3.51. The summed E-state index contributed by atoms with van der Waals surface area (Å²) in [5.74, 6) is -0.121. The van der Waals surface area contributed by atoms with Crippen molar-refractivity contribution in [3.8, 4) is 0 Å². The lowest BCUT2D eigenvalue weighted by Crippen LogP contribution is -2.07. The van der Waals surface area contributed by atoms with Crippen LogP contribution < -0.4 is 0 Å². The van der Waals surface area contributed by atoms with Gasteiger partial charge in [-0.2, -0.15) is 0 Å². The molecule has 0 aliphatic heterocycles. The van der Waals surface area contributed by atoms with E-state index in [1.165, 1.54) is 0 Å². The zero-order valence-corrected chi connectivity index (χ0v) is 13.4. The van der Waals surface area contributed by atoms with Gasteiger partial charge in [-0.05, 0) is 35.9 Å². The summed E-state index contributed by atoms with van der Waals surface area (Å²) in [6, 6.07) is 11.9. The standard InChI is InChI=1S/C14H8BrCl3O/c15-13(8-1-3-9(16)4-2-8)14(19)11-6-5-10(17)7-12(11)18/h1-7,13H. The summed E-state index contributed by atoms with van der Waals surface area (Å²) < 4.78 is 0. The summed E-state index contributed by atoms with van der Waals surface area (Å²) in [5, 5.41) is 1.47. The van der Waals surface area contributed by atoms with Gasteiger partial charge in [-0.1, -0.05) is 62.9 Å². The zero-order chi connectivity index (χ0) is 14.0. The van der Waals surface area contributed by atoms with E-state index in [1.807, 2.05) is 0 Å². The molecule has 2 aromatic rings. The second-order valence-electron chi connectivity index (χ2n) is 3.90. The maximum absolute atomic E-state index is 12.4. The van der Waals surface area contributed by atoms with Crippen LogP contribution in [-0.4, -0.2) is 5.78 Å². The molecule has 5 heteroatoms. The topological polar surface area (TPSA) is 17.1 Å². The molecule has 0 radical (unpaired) electrons. The van der Waals surface area contributed by atoms with E-state index in [0.717, 1.165) is 5.56 Å². The van der Waals surface area contributed by atoms with Gasteiger partial charge >= 0.3 is 0 Å². The molecule has 0 spiro atoms. The Kier molecular flexibility index (Phi) is 4.91. The van der Waals surface area contributed by atoms with Gasteiger partial charge in [-0.3, -0.25) is 4.79 Å². The Balaban J connectivity index is 2.30. The highest BCUT2D eigenvalue weighted by Gasteiger charge is 2.21. The number of alkyl halides is 1. The number of Topliss-reactive ketones (excluding diaryl/α,β-unsaturated/α-hetero) is 1. The summed E-state index contributed by atoms with van der Waals surface area (Å²) in [5.41, 5.74) is 1.25. The highest BCUT2D eigenvalue weighted by atomic mass is 79.9. The molecule has 0 amide bonds. The molecule has 0 aliphatic carbocycles. The van der Waals surface area contributed by atoms with Crippen LogP contribution in [0.4, 0.5) is 0 Å². The molecule has 0 aromatic heterocycles. The highest BCUT2D eigenvalue weighted by Crippen LogP contribution is 2.31. The Hall–Kier alpha value is -0.540. The maximum Gasteiger partial charge on any atom is 0.182 e. The number of benzene rings is 2. The molecule has 0 aliphatic rings. The van der Waals surface area contributed by atoms with Crippen LogP contribution >= 0.6 is 50.7 Å². The molecule has 0 heterocycles. The largest absolute Gasteiger partial charge is 0.292 e. The zero-order valence-electron chi connectivity index (χ0n) is 9.54. The predicted octanol–water partition coefficient (Wildman–Crippen LogP) is 5.97. The van der Waals surface area contributed by atoms with Crippen LogP contribution in [0.25, 0.3) is 0 Å². The first-order valence-electron chi connectivity index (χ1n) is 5.38. The van der Waals surface area contributed by atoms with Crippen LogP contribution in [0.1, 0.15) is 20.7 Å². The molecule has 0 saturated carbocycles. The van der Waals surface area contributed by atoms with E-state index < -0.39 is 4.83 Å². The minimum atomic E-state index is -0.469. The van der Waals surface area contributed by atoms with E-state index in [1.54, 1.807) is 42.5 Å². The van der Waals surface area contributed by atoms with Crippen LogP contribution in [0.2, 0.25) is 15.1 Å². The fourth-order valence-electron chi connectivity index (χ4n) is 1.61. The van der Waals surface area contributed by atoms with E-state index in [0.29, 0.717) is 20.6 Å². The van der Waals surface area contributed by atoms with Gasteiger partial charge in [0.1, 0.15) is 4.83 Å². The normalized spacial score (nSPS) is 12.2. The number of carbonyl (C=O) groups excluding carboxylic acids is 1. The summed E-state index contributed by atoms with van der Waals surface area (Å²) >= 11 is 21.0. The van der Waals surface area contributed by atoms with Crippen molar-refractivity contribution in [2.24, 2.45) is 0 Å². The van der Waals surface area contributed by atoms with Crippen molar-refractivity contribution in [1.29, 1.82) is 0 Å². The molecule has 19 heavy (non-hydrogen) atoms. The molecule has 1 atom stereocenters. The Bertz CT molecular complexity index is 611. The van der Waals surface area contributed by atoms with Crippen molar-refractivity contribution in [3.63, 3.8) is 0 Å². The van der Waals surface area contributed by atoms with E-state index in [-0.39, 0.29) is 5.78 Å². The SMILES string of the molecule is O=C(c1ccc(Cl)cc1Cl)C(Br)c1ccc(Cl)cc1. The molecular weight excluding hydrogens is 370 g/mol. The third-order valence-electron chi connectivity index (χ3n) is 2.59. The molecule has 0 saturated heterocycles. The average Bonchev–Trinajstić information content (AvgIpc) is 2.38. The van der Waals surface area contributed by atoms with Gasteiger partial charge in [-0.25, -0.2) is 0 Å². The molecule has 98 valence electrons. The lowest BCUT2D eigenvalue weighted by Gasteiger charge is -2.11. The second-order valence-corrected chi connectivity index (χ2v) is 6.10. The Morgan fingerprint density at radius 1 is 0.947 bits per heavy atom. The number of hydrogen-bond acceptors (Lipinski definition) is 1. The first kappa shape index (κ1) is 14.9. The first-order chi connectivity index (χ1) is 8.99. The van der Waals surface area contributed by atoms with Gasteiger partial charge in [0.25, 0.3) is 0 Å². The molecule has 0 fully saturated rings. The van der Waals surface area contributed by atoms with Crippen molar-refractivity contribution in [1.82, 2.24) is 0 Å². The maximum atomic E-state index is 12.4. The quantitative estimate of drug-likeness (QED) is 0.475. The smallest absolute Gasteiger partial charge is 0.182 e. The van der Waals surface area contributed by atoms with Crippen LogP contribution in [0.15, 0.2) is 42.5 Å². The Labute approximate surface area is 134 Å². The summed E-state index contributed by atoms with van der Waals surface area (Å²) in [4.78, 5) is 11.9. The fraction of sp³-hybridized carbons (Fsp3) is 0.0714. The van der Waals surface area contributed by atoms with Crippen molar-refractivity contribution >= 4 is 56.5 Å². The summed E-state index contributed by atoms with van der Waals surface area (Å²) in [6.45, 7) is 0. The van der Waals surface area contributed by atoms with Gasteiger partial charge < -0.3 is 0 Å². The van der Waals surface area contributed by atoms with Crippen LogP contribution in [0, 0.1) is 0 Å². The molecule has 0 bridgehead atoms. The van der Waals surface area contributed by atoms with Gasteiger partial charge in [0, 0.05) is 15.6 Å². The number of halogens is 4. The summed E-state index contributed by atoms with van der Waals surface area (Å²) in [6.07, 6.45) is 0. The second kappa shape index (κ2) is 6.27. The van der Waals surface area contributed by atoms with Gasteiger partial charge in [-0.15, -0.1) is 0 Å². The molecule has 1 unspecified atom stereocenters. The van der Waals surface area contributed by atoms with Crippen molar-refractivity contribution < 1.29 is 4.79 Å². The lowest BCUT2D eigenvalue weighted by molar-refractivity contribution is 0.0991. The molecular formula is C14H8BrCl3O. The highest BCUT2D eigenvalue weighted by molar-refractivity contribution is 9.09. The van der Waals surface area contributed by atoms with E-state index >= 15 is 0 Å². The third-order valence-corrected chi connectivity index (χ3v) is 4.33. The van der Waals surface area contributed by atoms with Crippen molar-refractivity contribution in [2.75, 3.05) is 0 Å². The monoisotopic (exact) mass is 376 g/mol. The van der Waals surface area contributed by atoms with Crippen LogP contribution in [0.3, 0.4) is 0 Å². The molecule has 2 aromatic carbocycles. The lowest BCUT2D eigenvalue weighted by atomic mass is 10.0. The number of rotatable bonds is 3. The van der Waals surface area contributed by atoms with Gasteiger partial charge in [0.2, 0.25) is 0 Å². The van der Waals surface area contributed by atoms with Crippen molar-refractivity contribution in [3.05, 3.63) is 68.7 Å². The number of ketones is 1. The Morgan fingerprint density at radius 2 is 1.53 bits per heavy atom. The van der Waals surface area contributed by atoms with Crippen molar-refractivity contribution in [2.45, 2.75) is 4.83 Å². The van der Waals surface area contributed by atoms with Crippen LogP contribution in [-0.2, 0) is 0 Å². The predicted molar refractivity (Wildman–Crippen MR) is 83.9 cm³/mol. The molecule has 1 nitrogen and oxygen atoms in total. The molecule has 0 N–H and O–H groups in total. The minimum absolute atomic E-state index is 0.121. The number of carbonyl (C=O) groups is 1. The Morgan fingerprint density at radius 3 is 2.11 bits per heavy atom. The van der Waals surface area contributed by atoms with Crippen LogP contribution in [0.5, 0.6) is 0 Å². The molecule has 2 rings (SSSR count). The van der Waals surface area contributed by atoms with E-state index in [9.17, 15) is 4.79 Å². The average molecular weight is 378 g/mol. The van der Waals surface area contributed by atoms with Gasteiger partial charge in [0.15, 0.2) is 5.78 Å². The van der Waals surface area contributed by atoms with Gasteiger partial charge in [0.05, 0.1) is 5.02 Å². The summed E-state index contributed by atoms with van der Waals surface area (Å²) in [7, 11) is 0. The van der Waals surface area contributed by atoms with E-state index in [2.05, 4.69) is 15.9 Å². The number of hydrogen-bond donors (Lipinski definition) is 0. The van der Waals surface area contributed by atoms with E-state index in [4.69, 9.17) is 34.8 Å². The first-order valence-corrected chi connectivity index (χ1v) is 7.43.